The molecule has 0 fully saturated rings. The first-order valence-corrected chi connectivity index (χ1v) is 11.7. The summed E-state index contributed by atoms with van der Waals surface area (Å²) in [5.41, 5.74) is 2.09. The SMILES string of the molecule is CCC1=NN2C(=N)/C(=C/c3cn(CCOc4ccc(OC)cc4)c4ccccc34)C(=O)N=C2S1. The first-order valence-electron chi connectivity index (χ1n) is 10.9. The molecule has 9 heteroatoms. The fraction of sp³-hybridized carbons (Fsp3) is 0.200. The van der Waals surface area contributed by atoms with Crippen LogP contribution in [0, 0.1) is 5.41 Å². The van der Waals surface area contributed by atoms with Gasteiger partial charge in [0.2, 0.25) is 5.17 Å². The zero-order valence-corrected chi connectivity index (χ0v) is 19.6. The highest BCUT2D eigenvalue weighted by molar-refractivity contribution is 8.26. The Hall–Kier alpha value is -3.85. The molecular weight excluding hydrogens is 450 g/mol. The molecule has 0 saturated heterocycles. The Morgan fingerprint density at radius 3 is 2.65 bits per heavy atom. The van der Waals surface area contributed by atoms with E-state index in [0.717, 1.165) is 39.4 Å². The van der Waals surface area contributed by atoms with E-state index in [2.05, 4.69) is 14.7 Å². The average molecular weight is 474 g/mol. The number of carbonyl (C=O) groups is 1. The van der Waals surface area contributed by atoms with Gasteiger partial charge in [-0.2, -0.15) is 15.1 Å². The number of hydrogen-bond acceptors (Lipinski definition) is 6. The second kappa shape index (κ2) is 9.18. The maximum absolute atomic E-state index is 12.7. The molecule has 2 aromatic carbocycles. The summed E-state index contributed by atoms with van der Waals surface area (Å²) < 4.78 is 13.2. The summed E-state index contributed by atoms with van der Waals surface area (Å²) in [6, 6.07) is 15.5. The third kappa shape index (κ3) is 4.10. The zero-order valence-electron chi connectivity index (χ0n) is 18.8. The topological polar surface area (TPSA) is 92.3 Å². The molecule has 0 atom stereocenters. The van der Waals surface area contributed by atoms with E-state index >= 15 is 0 Å². The predicted octanol–water partition coefficient (Wildman–Crippen LogP) is 4.76. The summed E-state index contributed by atoms with van der Waals surface area (Å²) in [5.74, 6) is 1.18. The molecule has 0 aliphatic carbocycles. The van der Waals surface area contributed by atoms with E-state index < -0.39 is 5.91 Å². The van der Waals surface area contributed by atoms with Crippen LogP contribution in [-0.4, -0.2) is 45.2 Å². The third-order valence-electron chi connectivity index (χ3n) is 5.58. The maximum Gasteiger partial charge on any atom is 0.283 e. The van der Waals surface area contributed by atoms with Crippen LogP contribution in [0.25, 0.3) is 17.0 Å². The number of aliphatic imine (C=N–C) groups is 1. The number of methoxy groups -OCH3 is 1. The second-order valence-electron chi connectivity index (χ2n) is 7.69. The van der Waals surface area contributed by atoms with Crippen LogP contribution in [0.15, 0.2) is 70.4 Å². The van der Waals surface area contributed by atoms with E-state index in [1.807, 2.05) is 61.7 Å². The van der Waals surface area contributed by atoms with Crippen molar-refractivity contribution in [2.75, 3.05) is 13.7 Å². The summed E-state index contributed by atoms with van der Waals surface area (Å²) in [4.78, 5) is 16.9. The molecule has 5 rings (SSSR count). The van der Waals surface area contributed by atoms with Crippen LogP contribution >= 0.6 is 11.8 Å². The van der Waals surface area contributed by atoms with Crippen LogP contribution in [0.1, 0.15) is 18.9 Å². The van der Waals surface area contributed by atoms with E-state index in [-0.39, 0.29) is 11.4 Å². The molecule has 0 spiro atoms. The number of nitrogens with zero attached hydrogens (tertiary/aromatic N) is 4. The van der Waals surface area contributed by atoms with Crippen molar-refractivity contribution in [2.45, 2.75) is 19.9 Å². The van der Waals surface area contributed by atoms with Crippen molar-refractivity contribution in [1.82, 2.24) is 9.58 Å². The van der Waals surface area contributed by atoms with Gasteiger partial charge in [0.15, 0.2) is 5.84 Å². The molecule has 8 nitrogen and oxygen atoms in total. The fourth-order valence-electron chi connectivity index (χ4n) is 3.84. The van der Waals surface area contributed by atoms with Gasteiger partial charge in [-0.1, -0.05) is 25.1 Å². The van der Waals surface area contributed by atoms with Crippen molar-refractivity contribution in [3.8, 4) is 11.5 Å². The number of hydrogen-bond donors (Lipinski definition) is 1. The number of para-hydroxylation sites is 1. The number of ether oxygens (including phenoxy) is 2. The minimum absolute atomic E-state index is 0.0469. The van der Waals surface area contributed by atoms with Crippen LogP contribution < -0.4 is 9.47 Å². The van der Waals surface area contributed by atoms with Crippen LogP contribution in [0.2, 0.25) is 0 Å². The molecule has 1 amide bonds. The zero-order chi connectivity index (χ0) is 23.7. The molecule has 0 unspecified atom stereocenters. The molecular formula is C25H23N5O3S. The molecule has 2 aliphatic heterocycles. The summed E-state index contributed by atoms with van der Waals surface area (Å²) in [7, 11) is 1.63. The smallest absolute Gasteiger partial charge is 0.283 e. The van der Waals surface area contributed by atoms with E-state index in [0.29, 0.717) is 18.3 Å². The number of nitrogens with one attached hydrogen (secondary N) is 1. The Morgan fingerprint density at radius 2 is 1.88 bits per heavy atom. The number of fused-ring (bicyclic) bond motifs is 2. The minimum atomic E-state index is -0.420. The summed E-state index contributed by atoms with van der Waals surface area (Å²) in [5, 5.41) is 16.7. The van der Waals surface area contributed by atoms with E-state index in [1.54, 1.807) is 13.2 Å². The van der Waals surface area contributed by atoms with Gasteiger partial charge >= 0.3 is 0 Å². The van der Waals surface area contributed by atoms with Gasteiger partial charge < -0.3 is 14.0 Å². The Labute approximate surface area is 201 Å². The number of amides is 1. The molecule has 0 radical (unpaired) electrons. The van der Waals surface area contributed by atoms with Crippen molar-refractivity contribution in [3.05, 3.63) is 65.9 Å². The number of carbonyl (C=O) groups excluding carboxylic acids is 1. The van der Waals surface area contributed by atoms with Gasteiger partial charge in [0, 0.05) is 22.7 Å². The molecule has 2 aliphatic rings. The van der Waals surface area contributed by atoms with Gasteiger partial charge in [0.05, 0.1) is 19.2 Å². The molecule has 3 aromatic rings. The predicted molar refractivity (Wildman–Crippen MR) is 136 cm³/mol. The first-order chi connectivity index (χ1) is 16.6. The molecule has 0 bridgehead atoms. The second-order valence-corrected chi connectivity index (χ2v) is 8.73. The number of rotatable bonds is 7. The van der Waals surface area contributed by atoms with Crippen LogP contribution in [-0.2, 0) is 11.3 Å². The Morgan fingerprint density at radius 1 is 1.12 bits per heavy atom. The number of aromatic nitrogens is 1. The summed E-state index contributed by atoms with van der Waals surface area (Å²) >= 11 is 1.34. The normalized spacial score (nSPS) is 16.6. The van der Waals surface area contributed by atoms with Crippen molar-refractivity contribution in [2.24, 2.45) is 10.1 Å². The Kier molecular flexibility index (Phi) is 5.93. The van der Waals surface area contributed by atoms with Gasteiger partial charge in [-0.15, -0.1) is 0 Å². The van der Waals surface area contributed by atoms with E-state index in [4.69, 9.17) is 14.9 Å². The van der Waals surface area contributed by atoms with Crippen molar-refractivity contribution >= 4 is 50.7 Å². The highest BCUT2D eigenvalue weighted by Crippen LogP contribution is 2.31. The lowest BCUT2D eigenvalue weighted by atomic mass is 10.1. The van der Waals surface area contributed by atoms with E-state index in [9.17, 15) is 4.79 Å². The minimum Gasteiger partial charge on any atom is -0.497 e. The van der Waals surface area contributed by atoms with Crippen molar-refractivity contribution < 1.29 is 14.3 Å². The van der Waals surface area contributed by atoms with Gasteiger partial charge in [-0.05, 0) is 54.6 Å². The van der Waals surface area contributed by atoms with Crippen LogP contribution in [0.4, 0.5) is 0 Å². The number of thioether (sulfide) groups is 1. The van der Waals surface area contributed by atoms with Gasteiger partial charge in [0.25, 0.3) is 5.91 Å². The molecule has 0 saturated carbocycles. The van der Waals surface area contributed by atoms with Gasteiger partial charge in [0.1, 0.15) is 23.1 Å². The monoisotopic (exact) mass is 473 g/mol. The lowest BCUT2D eigenvalue weighted by Crippen LogP contribution is -2.35. The highest BCUT2D eigenvalue weighted by Gasteiger charge is 2.35. The third-order valence-corrected chi connectivity index (χ3v) is 6.63. The largest absolute Gasteiger partial charge is 0.497 e. The lowest BCUT2D eigenvalue weighted by Gasteiger charge is -2.20. The first kappa shape index (κ1) is 22.0. The Balaban J connectivity index is 1.40. The van der Waals surface area contributed by atoms with Crippen LogP contribution in [0.5, 0.6) is 11.5 Å². The average Bonchev–Trinajstić information content (AvgIpc) is 3.44. The van der Waals surface area contributed by atoms with Gasteiger partial charge in [-0.3, -0.25) is 10.2 Å². The Bertz CT molecular complexity index is 1370. The molecule has 34 heavy (non-hydrogen) atoms. The number of benzene rings is 2. The van der Waals surface area contributed by atoms with Crippen molar-refractivity contribution in [1.29, 1.82) is 5.41 Å². The molecule has 1 N–H and O–H groups in total. The van der Waals surface area contributed by atoms with E-state index in [1.165, 1.54) is 16.8 Å². The number of amidine groups is 2. The maximum atomic E-state index is 12.7. The lowest BCUT2D eigenvalue weighted by molar-refractivity contribution is -0.114. The summed E-state index contributed by atoms with van der Waals surface area (Å²) in [6.45, 7) is 3.08. The number of hydrazone groups is 1. The standard InChI is InChI=1S/C25H23N5O3S/c1-3-22-28-30-23(26)20(24(31)27-25(30)34-22)14-16-15-29(21-7-5-4-6-19(16)21)12-13-33-18-10-8-17(32-2)9-11-18/h4-11,14-15,26H,3,12-13H2,1-2H3/b20-14-,26-23?. The molecule has 3 heterocycles. The molecule has 172 valence electrons. The quantitative estimate of drug-likeness (QED) is 0.500. The van der Waals surface area contributed by atoms with Crippen molar-refractivity contribution in [3.63, 3.8) is 0 Å². The molecule has 1 aromatic heterocycles. The fourth-order valence-corrected chi connectivity index (χ4v) is 4.66. The van der Waals surface area contributed by atoms with Gasteiger partial charge in [-0.25, -0.2) is 0 Å². The summed E-state index contributed by atoms with van der Waals surface area (Å²) in [6.07, 6.45) is 4.44. The highest BCUT2D eigenvalue weighted by atomic mass is 32.2. The van der Waals surface area contributed by atoms with Crippen LogP contribution in [0.3, 0.4) is 0 Å².